The molecule has 0 atom stereocenters. The number of nitrogens with one attached hydrogen (secondary N) is 1. The first-order chi connectivity index (χ1) is 17.0. The van der Waals surface area contributed by atoms with Crippen LogP contribution < -0.4 is 14.8 Å². The molecule has 0 saturated heterocycles. The minimum absolute atomic E-state index is 0.158. The number of hydrogen-bond acceptors (Lipinski definition) is 6. The lowest BCUT2D eigenvalue weighted by molar-refractivity contribution is 0.0949. The first-order valence-electron chi connectivity index (χ1n) is 11.0. The molecule has 0 fully saturated rings. The van der Waals surface area contributed by atoms with Gasteiger partial charge in [-0.05, 0) is 55.3 Å². The van der Waals surface area contributed by atoms with E-state index in [-0.39, 0.29) is 19.2 Å². The molecule has 0 radical (unpaired) electrons. The fourth-order valence-electron chi connectivity index (χ4n) is 3.82. The number of carbonyl (C=O) groups excluding carboxylic acids is 1. The summed E-state index contributed by atoms with van der Waals surface area (Å²) in [6, 6.07) is 19.2. The van der Waals surface area contributed by atoms with Gasteiger partial charge in [0.25, 0.3) is 5.91 Å². The van der Waals surface area contributed by atoms with Crippen molar-refractivity contribution in [2.24, 2.45) is 0 Å². The summed E-state index contributed by atoms with van der Waals surface area (Å²) in [6.45, 7) is 4.44. The van der Waals surface area contributed by atoms with Crippen molar-refractivity contribution in [2.75, 3.05) is 6.79 Å². The van der Waals surface area contributed by atoms with E-state index < -0.39 is 0 Å². The molecule has 178 valence electrons. The fourth-order valence-corrected chi connectivity index (χ4v) is 4.90. The van der Waals surface area contributed by atoms with E-state index in [0.29, 0.717) is 27.9 Å². The van der Waals surface area contributed by atoms with E-state index >= 15 is 0 Å². The Balaban J connectivity index is 1.40. The summed E-state index contributed by atoms with van der Waals surface area (Å²) < 4.78 is 12.7. The molecule has 0 aliphatic carbocycles. The van der Waals surface area contributed by atoms with Crippen LogP contribution in [0.1, 0.15) is 32.9 Å². The highest BCUT2D eigenvalue weighted by molar-refractivity contribution is 7.98. The van der Waals surface area contributed by atoms with Crippen LogP contribution in [0.3, 0.4) is 0 Å². The van der Waals surface area contributed by atoms with Crippen molar-refractivity contribution in [3.05, 3.63) is 93.8 Å². The summed E-state index contributed by atoms with van der Waals surface area (Å²) in [5.41, 5.74) is 4.79. The number of aryl methyl sites for hydroxylation is 2. The van der Waals surface area contributed by atoms with Gasteiger partial charge in [0.05, 0.1) is 12.2 Å². The predicted octanol–water partition coefficient (Wildman–Crippen LogP) is 5.49. The molecule has 35 heavy (non-hydrogen) atoms. The SMILES string of the molecule is Cc1cccc(CSc2nnc(CNC(=O)c3ccc4c(c3)OCO4)n2-c2cc(Cl)ccc2C)c1. The van der Waals surface area contributed by atoms with E-state index in [2.05, 4.69) is 40.6 Å². The number of benzene rings is 3. The van der Waals surface area contributed by atoms with Crippen molar-refractivity contribution in [2.45, 2.75) is 31.3 Å². The number of amides is 1. The van der Waals surface area contributed by atoms with E-state index in [1.165, 1.54) is 11.1 Å². The Morgan fingerprint density at radius 3 is 2.77 bits per heavy atom. The highest BCUT2D eigenvalue weighted by Crippen LogP contribution is 2.32. The number of thioether (sulfide) groups is 1. The lowest BCUT2D eigenvalue weighted by atomic mass is 10.2. The average molecular weight is 507 g/mol. The van der Waals surface area contributed by atoms with Crippen molar-refractivity contribution in [1.82, 2.24) is 20.1 Å². The van der Waals surface area contributed by atoms with Gasteiger partial charge < -0.3 is 14.8 Å². The summed E-state index contributed by atoms with van der Waals surface area (Å²) in [4.78, 5) is 12.8. The highest BCUT2D eigenvalue weighted by Gasteiger charge is 2.19. The first kappa shape index (κ1) is 23.3. The standard InChI is InChI=1S/C26H23ClN4O3S/c1-16-4-3-5-18(10-16)14-35-26-30-29-24(31(26)21-12-20(27)8-6-17(21)2)13-28-25(32)19-7-9-22-23(11-19)34-15-33-22/h3-12H,13-15H2,1-2H3,(H,28,32). The average Bonchev–Trinajstić information content (AvgIpc) is 3.49. The molecule has 1 aliphatic rings. The zero-order valence-corrected chi connectivity index (χ0v) is 20.8. The van der Waals surface area contributed by atoms with Gasteiger partial charge in [-0.2, -0.15) is 0 Å². The number of carbonyl (C=O) groups is 1. The normalized spacial score (nSPS) is 12.1. The van der Waals surface area contributed by atoms with Crippen LogP contribution in [0.4, 0.5) is 0 Å². The number of rotatable bonds is 7. The molecule has 0 saturated carbocycles. The Morgan fingerprint density at radius 1 is 1.06 bits per heavy atom. The Kier molecular flexibility index (Phi) is 6.66. The van der Waals surface area contributed by atoms with Crippen molar-refractivity contribution < 1.29 is 14.3 Å². The van der Waals surface area contributed by atoms with Gasteiger partial charge in [0.1, 0.15) is 0 Å². The van der Waals surface area contributed by atoms with Gasteiger partial charge in [-0.3, -0.25) is 9.36 Å². The Hall–Kier alpha value is -3.49. The van der Waals surface area contributed by atoms with Gasteiger partial charge in [0.15, 0.2) is 22.5 Å². The lowest BCUT2D eigenvalue weighted by Crippen LogP contribution is -2.24. The third-order valence-corrected chi connectivity index (χ3v) is 6.84. The van der Waals surface area contributed by atoms with Crippen molar-refractivity contribution in [3.8, 4) is 17.2 Å². The molecule has 2 heterocycles. The molecule has 0 unspecified atom stereocenters. The zero-order chi connectivity index (χ0) is 24.4. The number of nitrogens with zero attached hydrogens (tertiary/aromatic N) is 3. The molecule has 1 amide bonds. The molecule has 9 heteroatoms. The minimum Gasteiger partial charge on any atom is -0.454 e. The van der Waals surface area contributed by atoms with Gasteiger partial charge in [0, 0.05) is 16.3 Å². The largest absolute Gasteiger partial charge is 0.454 e. The van der Waals surface area contributed by atoms with E-state index in [1.54, 1.807) is 30.0 Å². The maximum atomic E-state index is 12.8. The molecule has 0 spiro atoms. The van der Waals surface area contributed by atoms with Crippen LogP contribution in [-0.4, -0.2) is 27.5 Å². The van der Waals surface area contributed by atoms with Crippen molar-refractivity contribution in [1.29, 1.82) is 0 Å². The van der Waals surface area contributed by atoms with Gasteiger partial charge in [-0.15, -0.1) is 10.2 Å². The van der Waals surface area contributed by atoms with Crippen LogP contribution in [0.15, 0.2) is 65.8 Å². The molecule has 5 rings (SSSR count). The Bertz CT molecular complexity index is 1410. The molecular formula is C26H23ClN4O3S. The van der Waals surface area contributed by atoms with Crippen LogP contribution in [0.5, 0.6) is 11.5 Å². The molecular weight excluding hydrogens is 484 g/mol. The van der Waals surface area contributed by atoms with Crippen LogP contribution in [0.2, 0.25) is 5.02 Å². The molecule has 4 aromatic rings. The van der Waals surface area contributed by atoms with E-state index in [9.17, 15) is 4.79 Å². The second kappa shape index (κ2) is 10.0. The molecule has 1 aromatic heterocycles. The van der Waals surface area contributed by atoms with Gasteiger partial charge >= 0.3 is 0 Å². The molecule has 1 N–H and O–H groups in total. The van der Waals surface area contributed by atoms with Gasteiger partial charge in [-0.25, -0.2) is 0 Å². The predicted molar refractivity (Wildman–Crippen MR) is 136 cm³/mol. The number of ether oxygens (including phenoxy) is 2. The molecule has 1 aliphatic heterocycles. The maximum Gasteiger partial charge on any atom is 0.251 e. The monoisotopic (exact) mass is 506 g/mol. The van der Waals surface area contributed by atoms with Crippen molar-refractivity contribution >= 4 is 29.3 Å². The number of fused-ring (bicyclic) bond motifs is 1. The topological polar surface area (TPSA) is 78.3 Å². The van der Waals surface area contributed by atoms with E-state index in [0.717, 1.165) is 22.2 Å². The van der Waals surface area contributed by atoms with Gasteiger partial charge in [-0.1, -0.05) is 59.3 Å². The quantitative estimate of drug-likeness (QED) is 0.334. The van der Waals surface area contributed by atoms with Gasteiger partial charge in [0.2, 0.25) is 6.79 Å². The summed E-state index contributed by atoms with van der Waals surface area (Å²) in [5, 5.41) is 13.1. The first-order valence-corrected chi connectivity index (χ1v) is 12.4. The van der Waals surface area contributed by atoms with E-state index in [1.807, 2.05) is 35.8 Å². The summed E-state index contributed by atoms with van der Waals surface area (Å²) in [6.07, 6.45) is 0. The van der Waals surface area contributed by atoms with Crippen molar-refractivity contribution in [3.63, 3.8) is 0 Å². The second-order valence-electron chi connectivity index (χ2n) is 8.19. The van der Waals surface area contributed by atoms with E-state index in [4.69, 9.17) is 21.1 Å². The minimum atomic E-state index is -0.241. The lowest BCUT2D eigenvalue weighted by Gasteiger charge is -2.14. The summed E-state index contributed by atoms with van der Waals surface area (Å²) in [5.74, 6) is 2.30. The van der Waals surface area contributed by atoms with Crippen LogP contribution in [0, 0.1) is 13.8 Å². The number of aromatic nitrogens is 3. The maximum absolute atomic E-state index is 12.8. The third kappa shape index (κ3) is 5.13. The van der Waals surface area contributed by atoms with Crippen LogP contribution in [0.25, 0.3) is 5.69 Å². The summed E-state index contributed by atoms with van der Waals surface area (Å²) >= 11 is 7.92. The fraction of sp³-hybridized carbons (Fsp3) is 0.192. The molecule has 0 bridgehead atoms. The summed E-state index contributed by atoms with van der Waals surface area (Å²) in [7, 11) is 0. The van der Waals surface area contributed by atoms with Crippen LogP contribution >= 0.6 is 23.4 Å². The smallest absolute Gasteiger partial charge is 0.251 e. The third-order valence-electron chi connectivity index (χ3n) is 5.60. The number of hydrogen-bond donors (Lipinski definition) is 1. The Morgan fingerprint density at radius 2 is 1.91 bits per heavy atom. The molecule has 3 aromatic carbocycles. The Labute approximate surface area is 212 Å². The van der Waals surface area contributed by atoms with Crippen LogP contribution in [-0.2, 0) is 12.3 Å². The highest BCUT2D eigenvalue weighted by atomic mass is 35.5. The molecule has 7 nitrogen and oxygen atoms in total. The number of halogens is 1. The zero-order valence-electron chi connectivity index (χ0n) is 19.2. The second-order valence-corrected chi connectivity index (χ2v) is 9.57.